The molecule has 1 aromatic heterocycles. The second kappa shape index (κ2) is 3.90. The number of H-pyrrole nitrogens is 1. The lowest BCUT2D eigenvalue weighted by Gasteiger charge is -1.99. The molecule has 1 N–H and O–H groups in total. The average molecular weight is 168 g/mol. The van der Waals surface area contributed by atoms with Crippen LogP contribution in [0.5, 0.6) is 0 Å². The number of aromatic nitrogens is 2. The Morgan fingerprint density at radius 1 is 1.75 bits per heavy atom. The second-order valence-electron chi connectivity index (χ2n) is 2.50. The monoisotopic (exact) mass is 168 g/mol. The maximum atomic E-state index is 11.0. The Morgan fingerprint density at radius 3 is 3.00 bits per heavy atom. The number of rotatable bonds is 3. The number of esters is 1. The molecule has 0 bridgehead atoms. The van der Waals surface area contributed by atoms with E-state index in [-0.39, 0.29) is 5.97 Å². The number of aryl methyl sites for hydroxylation is 1. The Morgan fingerprint density at radius 2 is 2.50 bits per heavy atom. The van der Waals surface area contributed by atoms with Crippen molar-refractivity contribution in [3.63, 3.8) is 0 Å². The van der Waals surface area contributed by atoms with E-state index in [1.807, 2.05) is 6.92 Å². The Labute approximate surface area is 70.9 Å². The third kappa shape index (κ3) is 2.08. The molecule has 1 rings (SSSR count). The van der Waals surface area contributed by atoms with Gasteiger partial charge in [-0.15, -0.1) is 0 Å². The molecule has 12 heavy (non-hydrogen) atoms. The van der Waals surface area contributed by atoms with Crippen LogP contribution in [-0.4, -0.2) is 22.8 Å². The maximum Gasteiger partial charge on any atom is 0.310 e. The van der Waals surface area contributed by atoms with Crippen molar-refractivity contribution in [2.75, 3.05) is 6.61 Å². The summed E-state index contributed by atoms with van der Waals surface area (Å²) in [6.07, 6.45) is 1.95. The predicted molar refractivity (Wildman–Crippen MR) is 43.7 cm³/mol. The molecule has 0 saturated carbocycles. The largest absolute Gasteiger partial charge is 0.466 e. The summed E-state index contributed by atoms with van der Waals surface area (Å²) in [5.74, 6) is -0.206. The van der Waals surface area contributed by atoms with E-state index in [0.29, 0.717) is 13.0 Å². The summed E-state index contributed by atoms with van der Waals surface area (Å²) in [5.41, 5.74) is 1.82. The lowest BCUT2D eigenvalue weighted by Crippen LogP contribution is -2.07. The third-order valence-corrected chi connectivity index (χ3v) is 1.57. The summed E-state index contributed by atoms with van der Waals surface area (Å²) < 4.78 is 4.79. The van der Waals surface area contributed by atoms with Gasteiger partial charge in [-0.05, 0) is 13.8 Å². The van der Waals surface area contributed by atoms with Gasteiger partial charge in [0.05, 0.1) is 19.2 Å². The van der Waals surface area contributed by atoms with Crippen molar-refractivity contribution in [3.05, 3.63) is 17.5 Å². The second-order valence-corrected chi connectivity index (χ2v) is 2.50. The van der Waals surface area contributed by atoms with E-state index in [4.69, 9.17) is 4.74 Å². The minimum Gasteiger partial charge on any atom is -0.466 e. The summed E-state index contributed by atoms with van der Waals surface area (Å²) in [5, 5.41) is 6.56. The highest BCUT2D eigenvalue weighted by Gasteiger charge is 2.07. The molecule has 0 spiro atoms. The highest BCUT2D eigenvalue weighted by atomic mass is 16.5. The van der Waals surface area contributed by atoms with E-state index in [2.05, 4.69) is 10.2 Å². The number of carbonyl (C=O) groups is 1. The highest BCUT2D eigenvalue weighted by Crippen LogP contribution is 2.03. The fourth-order valence-electron chi connectivity index (χ4n) is 0.921. The van der Waals surface area contributed by atoms with Crippen LogP contribution in [0.15, 0.2) is 6.20 Å². The summed E-state index contributed by atoms with van der Waals surface area (Å²) >= 11 is 0. The van der Waals surface area contributed by atoms with Gasteiger partial charge in [0.25, 0.3) is 0 Å². The van der Waals surface area contributed by atoms with Gasteiger partial charge in [0.2, 0.25) is 0 Å². The van der Waals surface area contributed by atoms with Gasteiger partial charge in [-0.1, -0.05) is 0 Å². The number of carbonyl (C=O) groups excluding carboxylic acids is 1. The molecule has 4 heteroatoms. The number of aromatic amines is 1. The molecule has 0 aliphatic carbocycles. The summed E-state index contributed by atoms with van der Waals surface area (Å²) in [6, 6.07) is 0. The van der Waals surface area contributed by atoms with Crippen LogP contribution >= 0.6 is 0 Å². The fraction of sp³-hybridized carbons (Fsp3) is 0.500. The quantitative estimate of drug-likeness (QED) is 0.680. The van der Waals surface area contributed by atoms with E-state index in [1.165, 1.54) is 0 Å². The number of nitrogens with one attached hydrogen (secondary N) is 1. The Bertz CT molecular complexity index is 268. The lowest BCUT2D eigenvalue weighted by atomic mass is 10.2. The number of ether oxygens (including phenoxy) is 1. The molecule has 0 aliphatic rings. The van der Waals surface area contributed by atoms with Crippen LogP contribution in [0.4, 0.5) is 0 Å². The predicted octanol–water partition coefficient (Wildman–Crippen LogP) is 0.824. The highest BCUT2D eigenvalue weighted by molar-refractivity contribution is 5.72. The van der Waals surface area contributed by atoms with Gasteiger partial charge < -0.3 is 4.74 Å². The lowest BCUT2D eigenvalue weighted by molar-refractivity contribution is -0.142. The average Bonchev–Trinajstić information content (AvgIpc) is 2.37. The van der Waals surface area contributed by atoms with E-state index in [1.54, 1.807) is 13.1 Å². The topological polar surface area (TPSA) is 55.0 Å². The van der Waals surface area contributed by atoms with E-state index in [0.717, 1.165) is 11.3 Å². The minimum atomic E-state index is -0.206. The third-order valence-electron chi connectivity index (χ3n) is 1.57. The van der Waals surface area contributed by atoms with Gasteiger partial charge >= 0.3 is 5.97 Å². The smallest absolute Gasteiger partial charge is 0.310 e. The van der Waals surface area contributed by atoms with Crippen molar-refractivity contribution in [2.45, 2.75) is 20.3 Å². The van der Waals surface area contributed by atoms with Crippen LogP contribution in [0.3, 0.4) is 0 Å². The molecule has 0 saturated heterocycles. The molecule has 0 atom stereocenters. The van der Waals surface area contributed by atoms with Gasteiger partial charge in [-0.3, -0.25) is 9.89 Å². The molecule has 1 heterocycles. The van der Waals surface area contributed by atoms with Crippen molar-refractivity contribution >= 4 is 5.97 Å². The zero-order chi connectivity index (χ0) is 8.97. The molecule has 0 aliphatic heterocycles. The van der Waals surface area contributed by atoms with Crippen LogP contribution in [-0.2, 0) is 16.0 Å². The van der Waals surface area contributed by atoms with Crippen molar-refractivity contribution in [3.8, 4) is 0 Å². The van der Waals surface area contributed by atoms with Gasteiger partial charge in [0, 0.05) is 11.3 Å². The first-order valence-corrected chi connectivity index (χ1v) is 3.88. The molecule has 0 amide bonds. The van der Waals surface area contributed by atoms with Crippen molar-refractivity contribution < 1.29 is 9.53 Å². The van der Waals surface area contributed by atoms with Gasteiger partial charge in [-0.2, -0.15) is 5.10 Å². The van der Waals surface area contributed by atoms with Crippen molar-refractivity contribution in [1.29, 1.82) is 0 Å². The van der Waals surface area contributed by atoms with Crippen LogP contribution in [0.1, 0.15) is 18.2 Å². The molecule has 0 radical (unpaired) electrons. The number of hydrogen-bond donors (Lipinski definition) is 1. The van der Waals surface area contributed by atoms with Gasteiger partial charge in [-0.25, -0.2) is 0 Å². The van der Waals surface area contributed by atoms with E-state index in [9.17, 15) is 4.79 Å². The zero-order valence-electron chi connectivity index (χ0n) is 7.26. The molecule has 0 unspecified atom stereocenters. The maximum absolute atomic E-state index is 11.0. The SMILES string of the molecule is CCOC(=O)Cc1cn[nH]c1C. The Balaban J connectivity index is 2.52. The zero-order valence-corrected chi connectivity index (χ0v) is 7.26. The molecule has 4 nitrogen and oxygen atoms in total. The molecule has 0 aromatic carbocycles. The van der Waals surface area contributed by atoms with Gasteiger partial charge in [0.1, 0.15) is 0 Å². The summed E-state index contributed by atoms with van der Waals surface area (Å²) in [6.45, 7) is 4.09. The first kappa shape index (κ1) is 8.77. The molecular weight excluding hydrogens is 156 g/mol. The molecule has 1 aromatic rings. The molecule has 66 valence electrons. The van der Waals surface area contributed by atoms with Crippen molar-refractivity contribution in [2.24, 2.45) is 0 Å². The Kier molecular flexibility index (Phi) is 2.85. The van der Waals surface area contributed by atoms with Crippen molar-refractivity contribution in [1.82, 2.24) is 10.2 Å². The normalized spacial score (nSPS) is 9.83. The number of nitrogens with zero attached hydrogens (tertiary/aromatic N) is 1. The Hall–Kier alpha value is -1.32. The van der Waals surface area contributed by atoms with Crippen LogP contribution < -0.4 is 0 Å². The number of hydrogen-bond acceptors (Lipinski definition) is 3. The summed E-state index contributed by atoms with van der Waals surface area (Å²) in [4.78, 5) is 11.0. The standard InChI is InChI=1S/C8H12N2O2/c1-3-12-8(11)4-7-5-9-10-6(7)2/h5H,3-4H2,1-2H3,(H,9,10). The fourth-order valence-corrected chi connectivity index (χ4v) is 0.921. The minimum absolute atomic E-state index is 0.206. The van der Waals surface area contributed by atoms with E-state index < -0.39 is 0 Å². The summed E-state index contributed by atoms with van der Waals surface area (Å²) in [7, 11) is 0. The van der Waals surface area contributed by atoms with Crippen LogP contribution in [0.25, 0.3) is 0 Å². The van der Waals surface area contributed by atoms with Crippen LogP contribution in [0.2, 0.25) is 0 Å². The van der Waals surface area contributed by atoms with E-state index >= 15 is 0 Å². The van der Waals surface area contributed by atoms with Gasteiger partial charge in [0.15, 0.2) is 0 Å². The first-order chi connectivity index (χ1) is 5.74. The molecule has 0 fully saturated rings. The first-order valence-electron chi connectivity index (χ1n) is 3.88. The molecular formula is C8H12N2O2. The van der Waals surface area contributed by atoms with Crippen LogP contribution in [0, 0.1) is 6.92 Å².